The Kier molecular flexibility index (Phi) is 5.81. The third kappa shape index (κ3) is 4.07. The Hall–Kier alpha value is -1.12. The molecule has 1 aromatic rings. The van der Waals surface area contributed by atoms with Crippen LogP contribution in [-0.2, 0) is 16.1 Å². The Morgan fingerprint density at radius 3 is 2.19 bits per heavy atom. The van der Waals surface area contributed by atoms with Gasteiger partial charge in [0.15, 0.2) is 0 Å². The minimum absolute atomic E-state index is 0.328. The van der Waals surface area contributed by atoms with Crippen LogP contribution in [-0.4, -0.2) is 17.1 Å². The van der Waals surface area contributed by atoms with Crippen LogP contribution in [0.1, 0.15) is 19.4 Å². The maximum absolute atomic E-state index is 13.3. The number of nitrogens with zero attached hydrogens (tertiary/aromatic N) is 1. The molecule has 2 rings (SSSR count). The van der Waals surface area contributed by atoms with Crippen molar-refractivity contribution in [2.24, 2.45) is 17.3 Å². The summed E-state index contributed by atoms with van der Waals surface area (Å²) in [7, 11) is 0. The summed E-state index contributed by atoms with van der Waals surface area (Å²) in [5, 5.41) is -2.57. The zero-order chi connectivity index (χ0) is 20.0. The monoisotopic (exact) mass is 437 g/mol. The second kappa shape index (κ2) is 7.13. The van der Waals surface area contributed by atoms with Gasteiger partial charge in [-0.05, 0) is 11.3 Å². The summed E-state index contributed by atoms with van der Waals surface area (Å²) in [4.78, 5) is 15.0. The SMILES string of the molecule is CC1(C)[C@H](C=C(Cl)C(F)(F)F)[C@@H]1C(=O)OCc1c(Cl)c(F)nc(F)c1Cl. The van der Waals surface area contributed by atoms with E-state index in [9.17, 15) is 26.7 Å². The van der Waals surface area contributed by atoms with E-state index in [1.54, 1.807) is 13.8 Å². The molecule has 1 aliphatic rings. The molecule has 0 radical (unpaired) electrons. The minimum Gasteiger partial charge on any atom is -0.460 e. The number of esters is 1. The summed E-state index contributed by atoms with van der Waals surface area (Å²) in [5.74, 6) is -5.24. The van der Waals surface area contributed by atoms with Crippen LogP contribution in [0.25, 0.3) is 0 Å². The molecule has 0 unspecified atom stereocenters. The summed E-state index contributed by atoms with van der Waals surface area (Å²) in [6.45, 7) is 2.46. The summed E-state index contributed by atoms with van der Waals surface area (Å²) in [6.07, 6.45) is -3.97. The molecule has 2 atom stereocenters. The van der Waals surface area contributed by atoms with Gasteiger partial charge in [-0.3, -0.25) is 4.79 Å². The number of ether oxygens (including phenoxy) is 1. The lowest BCUT2D eigenvalue weighted by atomic mass is 10.1. The number of hydrogen-bond donors (Lipinski definition) is 0. The highest BCUT2D eigenvalue weighted by molar-refractivity contribution is 6.35. The zero-order valence-electron chi connectivity index (χ0n) is 13.2. The number of pyridine rings is 1. The molecule has 0 aromatic carbocycles. The van der Waals surface area contributed by atoms with Crippen LogP contribution < -0.4 is 0 Å². The lowest BCUT2D eigenvalue weighted by molar-refractivity contribution is -0.147. The average molecular weight is 439 g/mol. The quantitative estimate of drug-likeness (QED) is 0.346. The van der Waals surface area contributed by atoms with E-state index in [-0.39, 0.29) is 5.56 Å². The molecule has 0 bridgehead atoms. The fraction of sp³-hybridized carbons (Fsp3) is 0.467. The van der Waals surface area contributed by atoms with Crippen molar-refractivity contribution in [3.63, 3.8) is 0 Å². The van der Waals surface area contributed by atoms with Gasteiger partial charge in [-0.1, -0.05) is 54.7 Å². The van der Waals surface area contributed by atoms with Gasteiger partial charge in [0, 0.05) is 5.56 Å². The molecule has 0 spiro atoms. The van der Waals surface area contributed by atoms with Crippen molar-refractivity contribution in [3.8, 4) is 0 Å². The number of hydrogen-bond acceptors (Lipinski definition) is 3. The first-order valence-electron chi connectivity index (χ1n) is 7.08. The van der Waals surface area contributed by atoms with Crippen molar-refractivity contribution in [1.82, 2.24) is 4.98 Å². The summed E-state index contributed by atoms with van der Waals surface area (Å²) >= 11 is 16.4. The van der Waals surface area contributed by atoms with Crippen molar-refractivity contribution < 1.29 is 31.5 Å². The first-order chi connectivity index (χ1) is 11.8. The molecule has 3 nitrogen and oxygen atoms in total. The second-order valence-corrected chi connectivity index (χ2v) is 7.41. The summed E-state index contributed by atoms with van der Waals surface area (Å²) in [6, 6.07) is 0. The topological polar surface area (TPSA) is 39.2 Å². The Morgan fingerprint density at radius 1 is 1.23 bits per heavy atom. The molecule has 1 heterocycles. The first kappa shape index (κ1) is 21.2. The van der Waals surface area contributed by atoms with E-state index in [1.807, 2.05) is 0 Å². The van der Waals surface area contributed by atoms with Gasteiger partial charge in [-0.2, -0.15) is 26.9 Å². The Labute approximate surface area is 160 Å². The van der Waals surface area contributed by atoms with Crippen LogP contribution in [0.5, 0.6) is 0 Å². The van der Waals surface area contributed by atoms with E-state index in [4.69, 9.17) is 39.5 Å². The smallest absolute Gasteiger partial charge is 0.426 e. The van der Waals surface area contributed by atoms with Crippen molar-refractivity contribution in [3.05, 3.63) is 38.6 Å². The highest BCUT2D eigenvalue weighted by Crippen LogP contribution is 2.60. The molecule has 0 saturated heterocycles. The van der Waals surface area contributed by atoms with Gasteiger partial charge in [0.05, 0.1) is 5.92 Å². The van der Waals surface area contributed by atoms with Crippen LogP contribution in [0.4, 0.5) is 22.0 Å². The van der Waals surface area contributed by atoms with Crippen LogP contribution in [0.15, 0.2) is 11.1 Å². The van der Waals surface area contributed by atoms with Gasteiger partial charge >= 0.3 is 12.1 Å². The molecular formula is C15H11Cl3F5NO2. The standard InChI is InChI=1S/C15H11Cl3F5NO2/c1-14(2)6(3-7(16)15(21,22)23)8(14)13(25)26-4-5-9(17)11(19)24-12(20)10(5)18/h3,6,8H,4H2,1-2H3/t6-,8-/m1/s1. The Morgan fingerprint density at radius 2 is 1.73 bits per heavy atom. The number of alkyl halides is 3. The van der Waals surface area contributed by atoms with Gasteiger partial charge < -0.3 is 4.74 Å². The number of rotatable bonds is 4. The van der Waals surface area contributed by atoms with Crippen molar-refractivity contribution in [2.75, 3.05) is 0 Å². The maximum atomic E-state index is 13.3. The van der Waals surface area contributed by atoms with Crippen LogP contribution in [0.2, 0.25) is 10.0 Å². The largest absolute Gasteiger partial charge is 0.460 e. The molecule has 1 aliphatic carbocycles. The lowest BCUT2D eigenvalue weighted by Crippen LogP contribution is -2.12. The number of allylic oxidation sites excluding steroid dienone is 2. The van der Waals surface area contributed by atoms with Gasteiger partial charge in [0.2, 0.25) is 11.9 Å². The van der Waals surface area contributed by atoms with E-state index in [2.05, 4.69) is 4.98 Å². The summed E-state index contributed by atoms with van der Waals surface area (Å²) < 4.78 is 69.2. The van der Waals surface area contributed by atoms with E-state index < -0.39 is 63.0 Å². The zero-order valence-corrected chi connectivity index (χ0v) is 15.5. The van der Waals surface area contributed by atoms with Gasteiger partial charge in [0.25, 0.3) is 0 Å². The van der Waals surface area contributed by atoms with Crippen LogP contribution in [0.3, 0.4) is 0 Å². The fourth-order valence-electron chi connectivity index (χ4n) is 2.58. The van der Waals surface area contributed by atoms with Crippen molar-refractivity contribution >= 4 is 40.8 Å². The van der Waals surface area contributed by atoms with E-state index >= 15 is 0 Å². The molecule has 1 aromatic heterocycles. The minimum atomic E-state index is -4.72. The number of carbonyl (C=O) groups excluding carboxylic acids is 1. The van der Waals surface area contributed by atoms with Crippen molar-refractivity contribution in [1.29, 1.82) is 0 Å². The van der Waals surface area contributed by atoms with Crippen molar-refractivity contribution in [2.45, 2.75) is 26.6 Å². The van der Waals surface area contributed by atoms with E-state index in [1.165, 1.54) is 0 Å². The van der Waals surface area contributed by atoms with Crippen LogP contribution >= 0.6 is 34.8 Å². The predicted molar refractivity (Wildman–Crippen MR) is 84.7 cm³/mol. The Bertz CT molecular complexity index is 753. The third-order valence-corrected chi connectivity index (χ3v) is 5.32. The fourth-order valence-corrected chi connectivity index (χ4v) is 3.15. The average Bonchev–Trinajstić information content (AvgIpc) is 3.04. The second-order valence-electron chi connectivity index (χ2n) is 6.24. The highest BCUT2D eigenvalue weighted by Gasteiger charge is 2.62. The number of aromatic nitrogens is 1. The van der Waals surface area contributed by atoms with Gasteiger partial charge in [-0.15, -0.1) is 0 Å². The number of carbonyl (C=O) groups is 1. The summed E-state index contributed by atoms with van der Waals surface area (Å²) in [5.41, 5.74) is -1.16. The molecule has 26 heavy (non-hydrogen) atoms. The highest BCUT2D eigenvalue weighted by atomic mass is 35.5. The predicted octanol–water partition coefficient (Wildman–Crippen LogP) is 5.67. The molecule has 144 valence electrons. The van der Waals surface area contributed by atoms with Gasteiger partial charge in [-0.25, -0.2) is 0 Å². The molecule has 0 aliphatic heterocycles. The molecule has 0 amide bonds. The number of halogens is 8. The Balaban J connectivity index is 2.13. The maximum Gasteiger partial charge on any atom is 0.426 e. The van der Waals surface area contributed by atoms with Gasteiger partial charge in [0.1, 0.15) is 21.7 Å². The molecule has 0 N–H and O–H groups in total. The molecule has 11 heteroatoms. The molecule has 1 saturated carbocycles. The first-order valence-corrected chi connectivity index (χ1v) is 8.21. The normalized spacial score (nSPS) is 22.3. The molecular weight excluding hydrogens is 428 g/mol. The van der Waals surface area contributed by atoms with E-state index in [0.717, 1.165) is 6.08 Å². The lowest BCUT2D eigenvalue weighted by Gasteiger charge is -2.09. The van der Waals surface area contributed by atoms with E-state index in [0.29, 0.717) is 0 Å². The third-order valence-electron chi connectivity index (χ3n) is 4.21. The van der Waals surface area contributed by atoms with Crippen LogP contribution in [0, 0.1) is 29.1 Å². The molecule has 1 fully saturated rings.